The number of benzene rings is 2. The molecule has 1 atom stereocenters. The molecule has 1 amide bonds. The maximum atomic E-state index is 12.3. The number of rotatable bonds is 5. The lowest BCUT2D eigenvalue weighted by atomic mass is 10.1. The molecular weight excluding hydrogens is 314 g/mol. The molecule has 122 valence electrons. The largest absolute Gasteiger partial charge is 0.497 e. The fourth-order valence-electron chi connectivity index (χ4n) is 2.23. The number of hydrogen-bond acceptors (Lipinski definition) is 3. The van der Waals surface area contributed by atoms with Crippen LogP contribution in [-0.2, 0) is 4.79 Å². The van der Waals surface area contributed by atoms with E-state index in [9.17, 15) is 4.79 Å². The summed E-state index contributed by atoms with van der Waals surface area (Å²) in [4.78, 5) is 12.3. The molecule has 0 bridgehead atoms. The number of ether oxygens (including phenoxy) is 2. The quantitative estimate of drug-likeness (QED) is 0.883. The molecule has 1 N–H and O–H groups in total. The van der Waals surface area contributed by atoms with Gasteiger partial charge in [0.25, 0.3) is 5.91 Å². The molecule has 0 radical (unpaired) electrons. The summed E-state index contributed by atoms with van der Waals surface area (Å²) in [5.74, 6) is 0.980. The third-order valence-corrected chi connectivity index (χ3v) is 3.70. The SMILES string of the molecule is COc1cccc(OC(C)C(=O)Nc2c(C)cc(C)cc2Cl)c1. The first-order valence-electron chi connectivity index (χ1n) is 7.29. The van der Waals surface area contributed by atoms with Gasteiger partial charge in [-0.1, -0.05) is 23.7 Å². The van der Waals surface area contributed by atoms with Gasteiger partial charge in [-0.25, -0.2) is 0 Å². The fraction of sp³-hybridized carbons (Fsp3) is 0.278. The third-order valence-electron chi connectivity index (χ3n) is 3.40. The molecule has 23 heavy (non-hydrogen) atoms. The van der Waals surface area contributed by atoms with Crippen LogP contribution in [0.1, 0.15) is 18.1 Å². The summed E-state index contributed by atoms with van der Waals surface area (Å²) in [5, 5.41) is 3.35. The smallest absolute Gasteiger partial charge is 0.265 e. The van der Waals surface area contributed by atoms with Gasteiger partial charge in [0, 0.05) is 6.07 Å². The van der Waals surface area contributed by atoms with Crippen LogP contribution < -0.4 is 14.8 Å². The summed E-state index contributed by atoms with van der Waals surface area (Å²) in [6, 6.07) is 10.9. The average Bonchev–Trinajstić information content (AvgIpc) is 2.50. The van der Waals surface area contributed by atoms with E-state index in [0.29, 0.717) is 22.2 Å². The normalized spacial score (nSPS) is 11.7. The van der Waals surface area contributed by atoms with E-state index in [0.717, 1.165) is 11.1 Å². The van der Waals surface area contributed by atoms with E-state index in [1.807, 2.05) is 32.0 Å². The third kappa shape index (κ3) is 4.39. The van der Waals surface area contributed by atoms with E-state index in [4.69, 9.17) is 21.1 Å². The summed E-state index contributed by atoms with van der Waals surface area (Å²) in [7, 11) is 1.58. The Morgan fingerprint density at radius 1 is 1.17 bits per heavy atom. The number of amides is 1. The van der Waals surface area contributed by atoms with Crippen LogP contribution in [-0.4, -0.2) is 19.1 Å². The standard InChI is InChI=1S/C18H20ClNO3/c1-11-8-12(2)17(16(19)9-11)20-18(21)13(3)23-15-7-5-6-14(10-15)22-4/h5-10,13H,1-4H3,(H,20,21). The molecule has 2 rings (SSSR count). The lowest BCUT2D eigenvalue weighted by molar-refractivity contribution is -0.122. The summed E-state index contributed by atoms with van der Waals surface area (Å²) in [6.07, 6.45) is -0.668. The number of hydrogen-bond donors (Lipinski definition) is 1. The minimum atomic E-state index is -0.668. The maximum Gasteiger partial charge on any atom is 0.265 e. The molecule has 0 aliphatic heterocycles. The first-order valence-corrected chi connectivity index (χ1v) is 7.67. The summed E-state index contributed by atoms with van der Waals surface area (Å²) >= 11 is 6.21. The molecule has 0 saturated carbocycles. The molecule has 5 heteroatoms. The Morgan fingerprint density at radius 2 is 1.87 bits per heavy atom. The Labute approximate surface area is 141 Å². The first-order chi connectivity index (χ1) is 10.9. The summed E-state index contributed by atoms with van der Waals surface area (Å²) < 4.78 is 10.8. The summed E-state index contributed by atoms with van der Waals surface area (Å²) in [6.45, 7) is 5.55. The zero-order valence-corrected chi connectivity index (χ0v) is 14.4. The Morgan fingerprint density at radius 3 is 2.52 bits per heavy atom. The maximum absolute atomic E-state index is 12.3. The first kappa shape index (κ1) is 17.2. The second kappa shape index (κ2) is 7.38. The van der Waals surface area contributed by atoms with Gasteiger partial charge in [0.15, 0.2) is 6.10 Å². The van der Waals surface area contributed by atoms with Crippen molar-refractivity contribution in [3.05, 3.63) is 52.5 Å². The topological polar surface area (TPSA) is 47.6 Å². The van der Waals surface area contributed by atoms with Gasteiger partial charge in [-0.05, 0) is 50.1 Å². The minimum Gasteiger partial charge on any atom is -0.497 e. The molecule has 0 saturated heterocycles. The van der Waals surface area contributed by atoms with Crippen molar-refractivity contribution in [3.8, 4) is 11.5 Å². The van der Waals surface area contributed by atoms with Crippen LogP contribution >= 0.6 is 11.6 Å². The molecular formula is C18H20ClNO3. The highest BCUT2D eigenvalue weighted by molar-refractivity contribution is 6.34. The van der Waals surface area contributed by atoms with Gasteiger partial charge >= 0.3 is 0 Å². The fourth-order valence-corrected chi connectivity index (χ4v) is 2.60. The van der Waals surface area contributed by atoms with E-state index in [1.54, 1.807) is 32.2 Å². The number of aryl methyl sites for hydroxylation is 2. The van der Waals surface area contributed by atoms with Gasteiger partial charge in [0.1, 0.15) is 11.5 Å². The van der Waals surface area contributed by atoms with Gasteiger partial charge in [-0.3, -0.25) is 4.79 Å². The van der Waals surface area contributed by atoms with E-state index in [1.165, 1.54) is 0 Å². The Bertz CT molecular complexity index is 692. The van der Waals surface area contributed by atoms with Crippen LogP contribution in [0, 0.1) is 13.8 Å². The van der Waals surface area contributed by atoms with E-state index in [2.05, 4.69) is 5.32 Å². The molecule has 0 spiro atoms. The lowest BCUT2D eigenvalue weighted by Gasteiger charge is -2.17. The van der Waals surface area contributed by atoms with E-state index < -0.39 is 6.10 Å². The average molecular weight is 334 g/mol. The van der Waals surface area contributed by atoms with Crippen LogP contribution in [0.15, 0.2) is 36.4 Å². The molecule has 0 aliphatic rings. The second-order valence-corrected chi connectivity index (χ2v) is 5.77. The number of carbonyl (C=O) groups is 1. The highest BCUT2D eigenvalue weighted by Gasteiger charge is 2.17. The van der Waals surface area contributed by atoms with E-state index in [-0.39, 0.29) is 5.91 Å². The predicted octanol–water partition coefficient (Wildman–Crippen LogP) is 4.37. The van der Waals surface area contributed by atoms with Crippen molar-refractivity contribution in [3.63, 3.8) is 0 Å². The minimum absolute atomic E-state index is 0.262. The van der Waals surface area contributed by atoms with Crippen molar-refractivity contribution in [2.75, 3.05) is 12.4 Å². The van der Waals surface area contributed by atoms with Crippen molar-refractivity contribution in [1.82, 2.24) is 0 Å². The molecule has 1 unspecified atom stereocenters. The molecule has 2 aromatic carbocycles. The van der Waals surface area contributed by atoms with Gasteiger partial charge in [0.05, 0.1) is 17.8 Å². The van der Waals surface area contributed by atoms with E-state index >= 15 is 0 Å². The van der Waals surface area contributed by atoms with Crippen molar-refractivity contribution in [1.29, 1.82) is 0 Å². The van der Waals surface area contributed by atoms with Crippen LogP contribution in [0.3, 0.4) is 0 Å². The zero-order valence-electron chi connectivity index (χ0n) is 13.6. The van der Waals surface area contributed by atoms with Crippen molar-refractivity contribution in [2.45, 2.75) is 26.9 Å². The van der Waals surface area contributed by atoms with Gasteiger partial charge in [-0.15, -0.1) is 0 Å². The Kier molecular flexibility index (Phi) is 5.50. The number of carbonyl (C=O) groups excluding carboxylic acids is 1. The number of nitrogens with one attached hydrogen (secondary N) is 1. The van der Waals surface area contributed by atoms with Crippen LogP contribution in [0.5, 0.6) is 11.5 Å². The molecule has 0 heterocycles. The van der Waals surface area contributed by atoms with Gasteiger partial charge < -0.3 is 14.8 Å². The van der Waals surface area contributed by atoms with Crippen LogP contribution in [0.25, 0.3) is 0 Å². The monoisotopic (exact) mass is 333 g/mol. The highest BCUT2D eigenvalue weighted by Crippen LogP contribution is 2.28. The Hall–Kier alpha value is -2.20. The van der Waals surface area contributed by atoms with Crippen molar-refractivity contribution in [2.24, 2.45) is 0 Å². The number of anilines is 1. The van der Waals surface area contributed by atoms with Crippen LogP contribution in [0.4, 0.5) is 5.69 Å². The Balaban J connectivity index is 2.08. The zero-order chi connectivity index (χ0) is 17.0. The highest BCUT2D eigenvalue weighted by atomic mass is 35.5. The lowest BCUT2D eigenvalue weighted by Crippen LogP contribution is -2.30. The van der Waals surface area contributed by atoms with Gasteiger partial charge in [0.2, 0.25) is 0 Å². The molecule has 0 aliphatic carbocycles. The van der Waals surface area contributed by atoms with Crippen molar-refractivity contribution >= 4 is 23.2 Å². The molecule has 0 fully saturated rings. The van der Waals surface area contributed by atoms with Crippen LogP contribution in [0.2, 0.25) is 5.02 Å². The predicted molar refractivity (Wildman–Crippen MR) is 92.6 cm³/mol. The summed E-state index contributed by atoms with van der Waals surface area (Å²) in [5.41, 5.74) is 2.58. The number of halogens is 1. The second-order valence-electron chi connectivity index (χ2n) is 5.37. The molecule has 0 aromatic heterocycles. The molecule has 4 nitrogen and oxygen atoms in total. The van der Waals surface area contributed by atoms with Gasteiger partial charge in [-0.2, -0.15) is 0 Å². The van der Waals surface area contributed by atoms with Crippen molar-refractivity contribution < 1.29 is 14.3 Å². The molecule has 2 aromatic rings. The number of methoxy groups -OCH3 is 1.